The van der Waals surface area contributed by atoms with E-state index in [1.54, 1.807) is 24.3 Å². The molecule has 3 aromatic carbocycles. The van der Waals surface area contributed by atoms with E-state index in [1.165, 1.54) is 22.8 Å². The van der Waals surface area contributed by atoms with Crippen molar-refractivity contribution in [3.05, 3.63) is 89.0 Å². The molecule has 0 aliphatic carbocycles. The number of carbonyl (C=O) groups is 1. The molecule has 0 radical (unpaired) electrons. The third kappa shape index (κ3) is 6.52. The summed E-state index contributed by atoms with van der Waals surface area (Å²) in [4.78, 5) is 15.6. The quantitative estimate of drug-likeness (QED) is 0.435. The van der Waals surface area contributed by atoms with Crippen LogP contribution in [0.2, 0.25) is 0 Å². The summed E-state index contributed by atoms with van der Waals surface area (Å²) in [5, 5.41) is 2.91. The number of carbonyl (C=O) groups excluding carboxylic acids is 1. The minimum Gasteiger partial charge on any atom is -0.371 e. The van der Waals surface area contributed by atoms with Crippen molar-refractivity contribution >= 4 is 27.3 Å². The van der Waals surface area contributed by atoms with E-state index in [-0.39, 0.29) is 17.3 Å². The maximum atomic E-state index is 13.7. The average molecular weight is 520 g/mol. The number of nitrogens with zero attached hydrogens (tertiary/aromatic N) is 2. The van der Waals surface area contributed by atoms with Crippen molar-refractivity contribution in [1.82, 2.24) is 5.32 Å². The van der Waals surface area contributed by atoms with Gasteiger partial charge in [-0.05, 0) is 86.6 Å². The summed E-state index contributed by atoms with van der Waals surface area (Å²) < 4.78 is 28.6. The van der Waals surface area contributed by atoms with E-state index in [9.17, 15) is 13.2 Å². The van der Waals surface area contributed by atoms with Crippen molar-refractivity contribution in [2.24, 2.45) is 5.92 Å². The smallest absolute Gasteiger partial charge is 0.264 e. The summed E-state index contributed by atoms with van der Waals surface area (Å²) in [6, 6.07) is 20.6. The van der Waals surface area contributed by atoms with E-state index < -0.39 is 10.0 Å². The van der Waals surface area contributed by atoms with Crippen LogP contribution in [0.1, 0.15) is 42.0 Å². The molecule has 1 aliphatic rings. The summed E-state index contributed by atoms with van der Waals surface area (Å²) in [7, 11) is -3.94. The zero-order valence-electron chi connectivity index (χ0n) is 22.2. The number of hydrogen-bond acceptors (Lipinski definition) is 4. The number of sulfonamides is 1. The first-order valence-corrected chi connectivity index (χ1v) is 14.3. The topological polar surface area (TPSA) is 69.7 Å². The van der Waals surface area contributed by atoms with Gasteiger partial charge < -0.3 is 10.2 Å². The van der Waals surface area contributed by atoms with Crippen LogP contribution in [0.3, 0.4) is 0 Å². The van der Waals surface area contributed by atoms with E-state index in [0.717, 1.165) is 35.3 Å². The van der Waals surface area contributed by atoms with Gasteiger partial charge in [-0.1, -0.05) is 48.9 Å². The van der Waals surface area contributed by atoms with Crippen LogP contribution in [0.4, 0.5) is 11.4 Å². The lowest BCUT2D eigenvalue weighted by Crippen LogP contribution is -2.41. The Labute approximate surface area is 221 Å². The Morgan fingerprint density at radius 3 is 2.32 bits per heavy atom. The van der Waals surface area contributed by atoms with Crippen molar-refractivity contribution < 1.29 is 13.2 Å². The molecule has 1 fully saturated rings. The highest BCUT2D eigenvalue weighted by atomic mass is 32.2. The first-order valence-electron chi connectivity index (χ1n) is 12.9. The highest BCUT2D eigenvalue weighted by Crippen LogP contribution is 2.28. The van der Waals surface area contributed by atoms with Crippen LogP contribution in [-0.2, 0) is 21.4 Å². The monoisotopic (exact) mass is 519 g/mol. The molecule has 196 valence electrons. The second-order valence-corrected chi connectivity index (χ2v) is 12.1. The van der Waals surface area contributed by atoms with E-state index in [1.807, 2.05) is 51.1 Å². The summed E-state index contributed by atoms with van der Waals surface area (Å²) >= 11 is 0. The second kappa shape index (κ2) is 11.4. The lowest BCUT2D eigenvalue weighted by atomic mass is 9.99. The van der Waals surface area contributed by atoms with Gasteiger partial charge in [0, 0.05) is 25.3 Å². The second-order valence-electron chi connectivity index (χ2n) is 10.3. The summed E-state index contributed by atoms with van der Waals surface area (Å²) in [5.74, 6) is 0.342. The molecule has 1 N–H and O–H groups in total. The van der Waals surface area contributed by atoms with E-state index in [0.29, 0.717) is 18.2 Å². The van der Waals surface area contributed by atoms with Gasteiger partial charge in [0.05, 0.1) is 10.6 Å². The highest BCUT2D eigenvalue weighted by Gasteiger charge is 2.28. The van der Waals surface area contributed by atoms with E-state index in [4.69, 9.17) is 0 Å². The number of amides is 1. The van der Waals surface area contributed by atoms with Crippen LogP contribution in [-0.4, -0.2) is 34.0 Å². The number of anilines is 2. The first kappa shape index (κ1) is 26.7. The van der Waals surface area contributed by atoms with Crippen LogP contribution < -0.4 is 14.5 Å². The Bertz CT molecular complexity index is 1340. The Kier molecular flexibility index (Phi) is 8.22. The predicted molar refractivity (Wildman–Crippen MR) is 151 cm³/mol. The third-order valence-corrected chi connectivity index (χ3v) is 8.75. The fourth-order valence-corrected chi connectivity index (χ4v) is 6.24. The first-order chi connectivity index (χ1) is 17.6. The van der Waals surface area contributed by atoms with Crippen LogP contribution >= 0.6 is 0 Å². The van der Waals surface area contributed by atoms with Crippen LogP contribution in [0, 0.1) is 26.7 Å². The maximum Gasteiger partial charge on any atom is 0.264 e. The molecule has 0 bridgehead atoms. The molecular formula is C30H37N3O3S. The fraction of sp³-hybridized carbons (Fsp3) is 0.367. The minimum atomic E-state index is -3.94. The van der Waals surface area contributed by atoms with Gasteiger partial charge in [-0.3, -0.25) is 9.10 Å². The van der Waals surface area contributed by atoms with Crippen molar-refractivity contribution in [2.75, 3.05) is 28.8 Å². The SMILES string of the molecule is Cc1ccc(S(=O)(=O)N(CC(=O)NCc2ccc(N3CCCC(C)C3)cc2)c2cc(C)ccc2C)cc1. The molecule has 0 aromatic heterocycles. The van der Waals surface area contributed by atoms with Crippen molar-refractivity contribution in [1.29, 1.82) is 0 Å². The zero-order valence-corrected chi connectivity index (χ0v) is 23.0. The van der Waals surface area contributed by atoms with Crippen LogP contribution in [0.15, 0.2) is 71.6 Å². The number of nitrogens with one attached hydrogen (secondary N) is 1. The normalized spacial score (nSPS) is 15.9. The van der Waals surface area contributed by atoms with Crippen molar-refractivity contribution in [3.63, 3.8) is 0 Å². The number of piperidine rings is 1. The predicted octanol–water partition coefficient (Wildman–Crippen LogP) is 5.36. The minimum absolute atomic E-state index is 0.162. The lowest BCUT2D eigenvalue weighted by Gasteiger charge is -2.32. The molecule has 1 heterocycles. The molecule has 1 aliphatic heterocycles. The van der Waals surface area contributed by atoms with Crippen LogP contribution in [0.5, 0.6) is 0 Å². The molecule has 1 atom stereocenters. The Balaban J connectivity index is 1.49. The molecule has 1 saturated heterocycles. The van der Waals surface area contributed by atoms with Gasteiger partial charge in [-0.2, -0.15) is 0 Å². The summed E-state index contributed by atoms with van der Waals surface area (Å²) in [6.45, 7) is 10.1. The molecule has 3 aromatic rings. The van der Waals surface area contributed by atoms with E-state index >= 15 is 0 Å². The highest BCUT2D eigenvalue weighted by molar-refractivity contribution is 7.92. The molecule has 0 saturated carbocycles. The number of benzene rings is 3. The van der Waals surface area contributed by atoms with Gasteiger partial charge in [0.1, 0.15) is 6.54 Å². The van der Waals surface area contributed by atoms with Gasteiger partial charge in [0.2, 0.25) is 5.91 Å². The van der Waals surface area contributed by atoms with Gasteiger partial charge in [-0.25, -0.2) is 8.42 Å². The van der Waals surface area contributed by atoms with Gasteiger partial charge in [0.25, 0.3) is 10.0 Å². The largest absolute Gasteiger partial charge is 0.371 e. The third-order valence-electron chi connectivity index (χ3n) is 6.98. The number of hydrogen-bond donors (Lipinski definition) is 1. The molecule has 1 unspecified atom stereocenters. The number of aryl methyl sites for hydroxylation is 3. The average Bonchev–Trinajstić information content (AvgIpc) is 2.88. The molecule has 37 heavy (non-hydrogen) atoms. The Morgan fingerprint density at radius 2 is 1.65 bits per heavy atom. The Hall–Kier alpha value is -3.32. The van der Waals surface area contributed by atoms with Gasteiger partial charge >= 0.3 is 0 Å². The Morgan fingerprint density at radius 1 is 0.973 bits per heavy atom. The molecular weight excluding hydrogens is 482 g/mol. The van der Waals surface area contributed by atoms with Gasteiger partial charge in [0.15, 0.2) is 0 Å². The maximum absolute atomic E-state index is 13.7. The molecule has 4 rings (SSSR count). The summed E-state index contributed by atoms with van der Waals surface area (Å²) in [6.07, 6.45) is 2.49. The number of rotatable bonds is 8. The van der Waals surface area contributed by atoms with Crippen LogP contribution in [0.25, 0.3) is 0 Å². The van der Waals surface area contributed by atoms with E-state index in [2.05, 4.69) is 29.3 Å². The van der Waals surface area contributed by atoms with Gasteiger partial charge in [-0.15, -0.1) is 0 Å². The standard InChI is InChI=1S/C30H37N3O3S/c1-22-8-15-28(16-9-22)37(35,36)33(29-18-23(2)7-10-25(29)4)21-30(34)31-19-26-11-13-27(14-12-26)32-17-5-6-24(3)20-32/h7-16,18,24H,5-6,17,19-21H2,1-4H3,(H,31,34). The van der Waals surface area contributed by atoms with Crippen molar-refractivity contribution in [2.45, 2.75) is 52.0 Å². The lowest BCUT2D eigenvalue weighted by molar-refractivity contribution is -0.119. The molecule has 0 spiro atoms. The fourth-order valence-electron chi connectivity index (χ4n) is 4.76. The molecule has 6 nitrogen and oxygen atoms in total. The summed E-state index contributed by atoms with van der Waals surface area (Å²) in [5.41, 5.74) is 5.37. The molecule has 7 heteroatoms. The zero-order chi connectivity index (χ0) is 26.6. The van der Waals surface area contributed by atoms with Crippen molar-refractivity contribution in [3.8, 4) is 0 Å². The molecule has 1 amide bonds.